The predicted octanol–water partition coefficient (Wildman–Crippen LogP) is 1.19. The summed E-state index contributed by atoms with van der Waals surface area (Å²) in [5, 5.41) is 3.45. The van der Waals surface area contributed by atoms with Gasteiger partial charge in [-0.05, 0) is 30.5 Å². The van der Waals surface area contributed by atoms with E-state index in [1.165, 1.54) is 18.4 Å². The molecule has 0 aromatic heterocycles. The molecule has 1 aliphatic carbocycles. The molecule has 4 heteroatoms. The zero-order valence-corrected chi connectivity index (χ0v) is 9.82. The third kappa shape index (κ3) is 4.44. The molecule has 2 rings (SSSR count). The van der Waals surface area contributed by atoms with Crippen molar-refractivity contribution in [1.82, 2.24) is 5.32 Å². The Bertz CT molecular complexity index is 372. The fraction of sp³-hybridized carbons (Fsp3) is 0.462. The zero-order valence-electron chi connectivity index (χ0n) is 9.82. The molecule has 1 aliphatic rings. The summed E-state index contributed by atoms with van der Waals surface area (Å²) < 4.78 is 5.39. The van der Waals surface area contributed by atoms with Gasteiger partial charge in [0.2, 0.25) is 5.91 Å². The van der Waals surface area contributed by atoms with Crippen LogP contribution in [0.15, 0.2) is 24.3 Å². The van der Waals surface area contributed by atoms with Gasteiger partial charge >= 0.3 is 0 Å². The Morgan fingerprint density at radius 2 is 2.06 bits per heavy atom. The van der Waals surface area contributed by atoms with Crippen molar-refractivity contribution in [2.24, 2.45) is 5.73 Å². The Balaban J connectivity index is 1.73. The standard InChI is InChI=1S/C13H18N2O2/c14-13(16)7-8-17-12-5-1-10(2-6-12)9-15-11-3-4-11/h1-2,5-6,11,15H,3-4,7-9H2,(H2,14,16). The van der Waals surface area contributed by atoms with E-state index in [1.807, 2.05) is 24.3 Å². The second kappa shape index (κ2) is 5.68. The third-order valence-electron chi connectivity index (χ3n) is 2.71. The lowest BCUT2D eigenvalue weighted by Crippen LogP contribution is -2.15. The van der Waals surface area contributed by atoms with Crippen LogP contribution in [0.1, 0.15) is 24.8 Å². The van der Waals surface area contributed by atoms with E-state index in [4.69, 9.17) is 10.5 Å². The smallest absolute Gasteiger partial charge is 0.220 e. The topological polar surface area (TPSA) is 64.4 Å². The van der Waals surface area contributed by atoms with Crippen molar-refractivity contribution in [3.8, 4) is 5.75 Å². The van der Waals surface area contributed by atoms with E-state index in [9.17, 15) is 4.79 Å². The highest BCUT2D eigenvalue weighted by molar-refractivity contribution is 5.73. The van der Waals surface area contributed by atoms with Crippen molar-refractivity contribution in [1.29, 1.82) is 0 Å². The summed E-state index contributed by atoms with van der Waals surface area (Å²) in [6.07, 6.45) is 2.85. The number of rotatable bonds is 7. The molecule has 0 radical (unpaired) electrons. The minimum Gasteiger partial charge on any atom is -0.493 e. The van der Waals surface area contributed by atoms with Gasteiger partial charge in [0.25, 0.3) is 0 Å². The van der Waals surface area contributed by atoms with Crippen molar-refractivity contribution in [3.05, 3.63) is 29.8 Å². The summed E-state index contributed by atoms with van der Waals surface area (Å²) >= 11 is 0. The Hall–Kier alpha value is -1.55. The molecule has 1 amide bonds. The molecule has 0 heterocycles. The summed E-state index contributed by atoms with van der Waals surface area (Å²) in [5.74, 6) is 0.441. The molecule has 0 unspecified atom stereocenters. The maximum atomic E-state index is 10.5. The highest BCUT2D eigenvalue weighted by Gasteiger charge is 2.19. The first-order valence-electron chi connectivity index (χ1n) is 5.97. The Morgan fingerprint density at radius 3 is 2.65 bits per heavy atom. The number of hydrogen-bond acceptors (Lipinski definition) is 3. The molecule has 0 aliphatic heterocycles. The van der Waals surface area contributed by atoms with Crippen molar-refractivity contribution < 1.29 is 9.53 Å². The zero-order chi connectivity index (χ0) is 12.1. The van der Waals surface area contributed by atoms with Gasteiger partial charge < -0.3 is 15.8 Å². The number of ether oxygens (including phenoxy) is 1. The first kappa shape index (κ1) is 11.9. The summed E-state index contributed by atoms with van der Waals surface area (Å²) in [7, 11) is 0. The number of benzene rings is 1. The van der Waals surface area contributed by atoms with Gasteiger partial charge in [0.1, 0.15) is 5.75 Å². The molecular weight excluding hydrogens is 216 g/mol. The normalized spacial score (nSPS) is 14.6. The third-order valence-corrected chi connectivity index (χ3v) is 2.71. The van der Waals surface area contributed by atoms with E-state index in [0.29, 0.717) is 6.61 Å². The number of nitrogens with one attached hydrogen (secondary N) is 1. The number of hydrogen-bond donors (Lipinski definition) is 2. The van der Waals surface area contributed by atoms with Crippen LogP contribution in [-0.4, -0.2) is 18.6 Å². The average Bonchev–Trinajstić information content (AvgIpc) is 3.11. The average molecular weight is 234 g/mol. The first-order valence-corrected chi connectivity index (χ1v) is 5.97. The van der Waals surface area contributed by atoms with E-state index < -0.39 is 0 Å². The molecule has 1 aromatic rings. The van der Waals surface area contributed by atoms with E-state index >= 15 is 0 Å². The van der Waals surface area contributed by atoms with E-state index in [0.717, 1.165) is 18.3 Å². The number of amides is 1. The lowest BCUT2D eigenvalue weighted by Gasteiger charge is -2.06. The number of nitrogens with two attached hydrogens (primary N) is 1. The highest BCUT2D eigenvalue weighted by Crippen LogP contribution is 2.19. The molecular formula is C13H18N2O2. The van der Waals surface area contributed by atoms with Gasteiger partial charge in [-0.1, -0.05) is 12.1 Å². The van der Waals surface area contributed by atoms with Gasteiger partial charge in [-0.25, -0.2) is 0 Å². The SMILES string of the molecule is NC(=O)CCOc1ccc(CNC2CC2)cc1. The van der Waals surface area contributed by atoms with Gasteiger partial charge in [0.05, 0.1) is 13.0 Å². The molecule has 1 fully saturated rings. The van der Waals surface area contributed by atoms with Crippen LogP contribution in [0.3, 0.4) is 0 Å². The fourth-order valence-electron chi connectivity index (χ4n) is 1.52. The minimum absolute atomic E-state index is 0.255. The molecule has 1 saturated carbocycles. The molecule has 4 nitrogen and oxygen atoms in total. The molecule has 3 N–H and O–H groups in total. The second-order valence-corrected chi connectivity index (χ2v) is 4.36. The van der Waals surface area contributed by atoms with Crippen LogP contribution in [0.2, 0.25) is 0 Å². The van der Waals surface area contributed by atoms with Crippen molar-refractivity contribution in [2.75, 3.05) is 6.61 Å². The summed E-state index contributed by atoms with van der Waals surface area (Å²) in [6, 6.07) is 8.64. The molecule has 0 saturated heterocycles. The molecule has 1 aromatic carbocycles. The summed E-state index contributed by atoms with van der Waals surface area (Å²) in [4.78, 5) is 10.5. The fourth-order valence-corrected chi connectivity index (χ4v) is 1.52. The van der Waals surface area contributed by atoms with Gasteiger partial charge in [-0.15, -0.1) is 0 Å². The van der Waals surface area contributed by atoms with E-state index in [2.05, 4.69) is 5.32 Å². The lowest BCUT2D eigenvalue weighted by atomic mass is 10.2. The van der Waals surface area contributed by atoms with Gasteiger partial charge in [0, 0.05) is 12.6 Å². The van der Waals surface area contributed by atoms with E-state index in [1.54, 1.807) is 0 Å². The van der Waals surface area contributed by atoms with Crippen LogP contribution >= 0.6 is 0 Å². The number of carbonyl (C=O) groups excluding carboxylic acids is 1. The quantitative estimate of drug-likeness (QED) is 0.745. The van der Waals surface area contributed by atoms with Gasteiger partial charge in [-0.2, -0.15) is 0 Å². The summed E-state index contributed by atoms with van der Waals surface area (Å²) in [6.45, 7) is 1.25. The van der Waals surface area contributed by atoms with Crippen molar-refractivity contribution in [2.45, 2.75) is 31.8 Å². The Labute approximate surface area is 101 Å². The molecule has 92 valence electrons. The maximum Gasteiger partial charge on any atom is 0.220 e. The molecule has 17 heavy (non-hydrogen) atoms. The minimum atomic E-state index is -0.338. The Kier molecular flexibility index (Phi) is 3.98. The monoisotopic (exact) mass is 234 g/mol. The van der Waals surface area contributed by atoms with Crippen LogP contribution < -0.4 is 15.8 Å². The van der Waals surface area contributed by atoms with Gasteiger partial charge in [-0.3, -0.25) is 4.79 Å². The lowest BCUT2D eigenvalue weighted by molar-refractivity contribution is -0.118. The number of primary amides is 1. The van der Waals surface area contributed by atoms with Crippen LogP contribution in [0.25, 0.3) is 0 Å². The molecule has 0 bridgehead atoms. The number of carbonyl (C=O) groups is 1. The van der Waals surface area contributed by atoms with Gasteiger partial charge in [0.15, 0.2) is 0 Å². The Morgan fingerprint density at radius 1 is 1.35 bits per heavy atom. The van der Waals surface area contributed by atoms with Crippen molar-refractivity contribution >= 4 is 5.91 Å². The van der Waals surface area contributed by atoms with Crippen molar-refractivity contribution in [3.63, 3.8) is 0 Å². The second-order valence-electron chi connectivity index (χ2n) is 4.36. The van der Waals surface area contributed by atoms with Crippen LogP contribution in [0, 0.1) is 0 Å². The largest absolute Gasteiger partial charge is 0.493 e. The predicted molar refractivity (Wildman–Crippen MR) is 65.6 cm³/mol. The molecule has 0 atom stereocenters. The van der Waals surface area contributed by atoms with E-state index in [-0.39, 0.29) is 12.3 Å². The van der Waals surface area contributed by atoms with Crippen LogP contribution in [-0.2, 0) is 11.3 Å². The molecule has 0 spiro atoms. The summed E-state index contributed by atoms with van der Waals surface area (Å²) in [5.41, 5.74) is 6.28. The first-order chi connectivity index (χ1) is 8.24. The highest BCUT2D eigenvalue weighted by atomic mass is 16.5. The van der Waals surface area contributed by atoms with Crippen LogP contribution in [0.4, 0.5) is 0 Å². The maximum absolute atomic E-state index is 10.5. The van der Waals surface area contributed by atoms with Crippen LogP contribution in [0.5, 0.6) is 5.75 Å².